The summed E-state index contributed by atoms with van der Waals surface area (Å²) in [6.07, 6.45) is 1.01. The lowest BCUT2D eigenvalue weighted by Gasteiger charge is -2.27. The van der Waals surface area contributed by atoms with Gasteiger partial charge in [-0.3, -0.25) is 14.8 Å². The molecule has 2 amide bonds. The molecule has 1 aliphatic heterocycles. The Morgan fingerprint density at radius 1 is 1.28 bits per heavy atom. The number of carbonyl (C=O) groups is 3. The number of likely N-dealkylation sites (tertiary alicyclic amines) is 1. The molecule has 3 N–H and O–H groups in total. The molecular weight excluding hydrogens is 326 g/mol. The Labute approximate surface area is 146 Å². The molecule has 2 rings (SSSR count). The highest BCUT2D eigenvalue weighted by molar-refractivity contribution is 5.94. The van der Waals surface area contributed by atoms with Crippen LogP contribution >= 0.6 is 0 Å². The standard InChI is InChI=1S/C17H23N3O5/c1-11(2)14(18)16(22)19-10-6-9-13(19)17(23)25-20(24)15(21)12-7-4-3-5-8-12/h3-5,7-8,11,13-14,24H,6,9-10,18H2,1-2H3/t13-,14-/m0/s1. The van der Waals surface area contributed by atoms with E-state index in [1.54, 1.807) is 18.2 Å². The van der Waals surface area contributed by atoms with Gasteiger partial charge in [0.05, 0.1) is 6.04 Å². The minimum Gasteiger partial charge on any atom is -0.327 e. The Kier molecular flexibility index (Phi) is 6.11. The molecule has 8 nitrogen and oxygen atoms in total. The van der Waals surface area contributed by atoms with Gasteiger partial charge in [-0.2, -0.15) is 0 Å². The highest BCUT2D eigenvalue weighted by Gasteiger charge is 2.39. The van der Waals surface area contributed by atoms with Gasteiger partial charge in [0.15, 0.2) is 0 Å². The van der Waals surface area contributed by atoms with Crippen LogP contribution in [0.3, 0.4) is 0 Å². The number of benzene rings is 1. The molecule has 1 heterocycles. The largest absolute Gasteiger partial charge is 0.357 e. The first-order chi connectivity index (χ1) is 11.8. The number of nitrogens with two attached hydrogens (primary N) is 1. The topological polar surface area (TPSA) is 113 Å². The zero-order valence-electron chi connectivity index (χ0n) is 14.3. The van der Waals surface area contributed by atoms with Crippen LogP contribution < -0.4 is 5.73 Å². The fourth-order valence-electron chi connectivity index (χ4n) is 2.63. The van der Waals surface area contributed by atoms with Crippen LogP contribution in [0.5, 0.6) is 0 Å². The summed E-state index contributed by atoms with van der Waals surface area (Å²) in [5.74, 6) is -2.15. The van der Waals surface area contributed by atoms with E-state index in [-0.39, 0.29) is 22.6 Å². The predicted octanol–water partition coefficient (Wildman–Crippen LogP) is 0.951. The number of hydrogen-bond donors (Lipinski definition) is 2. The summed E-state index contributed by atoms with van der Waals surface area (Å²) in [7, 11) is 0. The van der Waals surface area contributed by atoms with Crippen LogP contribution in [0, 0.1) is 5.92 Å². The molecule has 0 radical (unpaired) electrons. The summed E-state index contributed by atoms with van der Waals surface area (Å²) >= 11 is 0. The highest BCUT2D eigenvalue weighted by atomic mass is 16.9. The van der Waals surface area contributed by atoms with E-state index in [4.69, 9.17) is 10.6 Å². The van der Waals surface area contributed by atoms with E-state index in [2.05, 4.69) is 0 Å². The lowest BCUT2D eigenvalue weighted by molar-refractivity contribution is -0.281. The van der Waals surface area contributed by atoms with Gasteiger partial charge in [0.2, 0.25) is 5.91 Å². The Balaban J connectivity index is 2.01. The van der Waals surface area contributed by atoms with Crippen molar-refractivity contribution in [1.29, 1.82) is 0 Å². The van der Waals surface area contributed by atoms with Crippen LogP contribution in [0.25, 0.3) is 0 Å². The van der Waals surface area contributed by atoms with Crippen molar-refractivity contribution >= 4 is 17.8 Å². The average Bonchev–Trinajstić information content (AvgIpc) is 3.10. The first-order valence-electron chi connectivity index (χ1n) is 8.19. The van der Waals surface area contributed by atoms with Crippen molar-refractivity contribution in [2.45, 2.75) is 38.8 Å². The van der Waals surface area contributed by atoms with E-state index < -0.39 is 24.0 Å². The van der Waals surface area contributed by atoms with Crippen LogP contribution in [-0.2, 0) is 14.4 Å². The van der Waals surface area contributed by atoms with Crippen LogP contribution in [0.4, 0.5) is 0 Å². The minimum absolute atomic E-state index is 0.0706. The quantitative estimate of drug-likeness (QED) is 0.618. The first-order valence-corrected chi connectivity index (χ1v) is 8.19. The summed E-state index contributed by atoms with van der Waals surface area (Å²) in [5.41, 5.74) is 6.04. The zero-order valence-corrected chi connectivity index (χ0v) is 14.3. The van der Waals surface area contributed by atoms with Crippen molar-refractivity contribution in [3.8, 4) is 0 Å². The van der Waals surface area contributed by atoms with Crippen molar-refractivity contribution < 1.29 is 24.4 Å². The summed E-state index contributed by atoms with van der Waals surface area (Å²) in [6.45, 7) is 4.02. The maximum atomic E-state index is 12.4. The number of amides is 2. The predicted molar refractivity (Wildman–Crippen MR) is 88.0 cm³/mol. The van der Waals surface area contributed by atoms with Crippen LogP contribution in [0.2, 0.25) is 0 Å². The molecule has 0 unspecified atom stereocenters. The van der Waals surface area contributed by atoms with Gasteiger partial charge >= 0.3 is 11.9 Å². The second kappa shape index (κ2) is 8.09. The van der Waals surface area contributed by atoms with Gasteiger partial charge in [0, 0.05) is 12.1 Å². The monoisotopic (exact) mass is 349 g/mol. The van der Waals surface area contributed by atoms with E-state index in [9.17, 15) is 19.6 Å². The van der Waals surface area contributed by atoms with Gasteiger partial charge in [-0.15, -0.1) is 0 Å². The Morgan fingerprint density at radius 3 is 2.52 bits per heavy atom. The molecule has 0 bridgehead atoms. The molecule has 1 saturated heterocycles. The third kappa shape index (κ3) is 4.34. The summed E-state index contributed by atoms with van der Waals surface area (Å²) in [4.78, 5) is 42.8. The normalized spacial score (nSPS) is 18.1. The van der Waals surface area contributed by atoms with Crippen molar-refractivity contribution in [3.63, 3.8) is 0 Å². The molecule has 0 aromatic heterocycles. The summed E-state index contributed by atoms with van der Waals surface area (Å²) < 4.78 is 0. The average molecular weight is 349 g/mol. The molecule has 2 atom stereocenters. The molecule has 8 heteroatoms. The number of hydrogen-bond acceptors (Lipinski definition) is 6. The molecule has 0 saturated carbocycles. The molecule has 1 fully saturated rings. The van der Waals surface area contributed by atoms with Gasteiger partial charge in [0.1, 0.15) is 6.04 Å². The molecule has 25 heavy (non-hydrogen) atoms. The summed E-state index contributed by atoms with van der Waals surface area (Å²) in [6, 6.07) is 6.32. The summed E-state index contributed by atoms with van der Waals surface area (Å²) in [5, 5.41) is 9.64. The number of hydroxylamine groups is 2. The van der Waals surface area contributed by atoms with Gasteiger partial charge in [-0.05, 0) is 36.1 Å². The van der Waals surface area contributed by atoms with E-state index >= 15 is 0 Å². The first kappa shape index (κ1) is 18.9. The van der Waals surface area contributed by atoms with Crippen LogP contribution in [0.1, 0.15) is 37.0 Å². The Bertz CT molecular complexity index is 634. The number of nitrogens with zero attached hydrogens (tertiary/aromatic N) is 2. The second-order valence-electron chi connectivity index (χ2n) is 6.31. The van der Waals surface area contributed by atoms with Gasteiger partial charge in [-0.1, -0.05) is 32.0 Å². The number of rotatable bonds is 4. The van der Waals surface area contributed by atoms with E-state index in [0.717, 1.165) is 0 Å². The SMILES string of the molecule is CC(C)[C@H](N)C(=O)N1CCC[C@H]1C(=O)ON(O)C(=O)c1ccccc1. The molecule has 0 aliphatic carbocycles. The van der Waals surface area contributed by atoms with Crippen LogP contribution in [0.15, 0.2) is 30.3 Å². The third-order valence-corrected chi connectivity index (χ3v) is 4.18. The molecule has 1 aliphatic rings. The smallest absolute Gasteiger partial charge is 0.327 e. The molecule has 0 spiro atoms. The third-order valence-electron chi connectivity index (χ3n) is 4.18. The van der Waals surface area contributed by atoms with Gasteiger partial charge < -0.3 is 15.5 Å². The molecule has 1 aromatic carbocycles. The van der Waals surface area contributed by atoms with E-state index in [1.165, 1.54) is 17.0 Å². The second-order valence-corrected chi connectivity index (χ2v) is 6.31. The lowest BCUT2D eigenvalue weighted by atomic mass is 10.0. The van der Waals surface area contributed by atoms with Crippen LogP contribution in [-0.4, -0.2) is 51.7 Å². The van der Waals surface area contributed by atoms with Gasteiger partial charge in [0.25, 0.3) is 0 Å². The molecule has 1 aromatic rings. The molecule has 136 valence electrons. The van der Waals surface area contributed by atoms with Gasteiger partial charge in [-0.25, -0.2) is 4.79 Å². The van der Waals surface area contributed by atoms with E-state index in [1.807, 2.05) is 13.8 Å². The highest BCUT2D eigenvalue weighted by Crippen LogP contribution is 2.21. The zero-order chi connectivity index (χ0) is 18.6. The lowest BCUT2D eigenvalue weighted by Crippen LogP contribution is -2.51. The van der Waals surface area contributed by atoms with E-state index in [0.29, 0.717) is 19.4 Å². The van der Waals surface area contributed by atoms with Crippen molar-refractivity contribution in [3.05, 3.63) is 35.9 Å². The fourth-order valence-corrected chi connectivity index (χ4v) is 2.63. The minimum atomic E-state index is -0.872. The Hall–Kier alpha value is -2.45. The fraction of sp³-hybridized carbons (Fsp3) is 0.471. The van der Waals surface area contributed by atoms with Crippen molar-refractivity contribution in [2.24, 2.45) is 11.7 Å². The molecular formula is C17H23N3O5. The number of carbonyl (C=O) groups excluding carboxylic acids is 3. The maximum absolute atomic E-state index is 12.4. The van der Waals surface area contributed by atoms with Crippen molar-refractivity contribution in [2.75, 3.05) is 6.54 Å². The maximum Gasteiger partial charge on any atom is 0.357 e. The van der Waals surface area contributed by atoms with Crippen molar-refractivity contribution in [1.82, 2.24) is 10.1 Å². The Morgan fingerprint density at radius 2 is 1.92 bits per heavy atom.